The number of rotatable bonds is 4. The lowest BCUT2D eigenvalue weighted by Gasteiger charge is -2.09. The van der Waals surface area contributed by atoms with Crippen molar-refractivity contribution in [3.05, 3.63) is 43.7 Å². The van der Waals surface area contributed by atoms with E-state index in [9.17, 15) is 9.59 Å². The van der Waals surface area contributed by atoms with E-state index in [2.05, 4.69) is 38.4 Å². The van der Waals surface area contributed by atoms with Gasteiger partial charge in [0.25, 0.3) is 5.56 Å². The molecule has 1 aromatic rings. The lowest BCUT2D eigenvalue weighted by molar-refractivity contribution is -0.138. The summed E-state index contributed by atoms with van der Waals surface area (Å²) in [5.74, 6) is -0.490. The Bertz CT molecular complexity index is 508. The summed E-state index contributed by atoms with van der Waals surface area (Å²) in [4.78, 5) is 23.1. The van der Waals surface area contributed by atoms with E-state index in [-0.39, 0.29) is 24.3 Å². The van der Waals surface area contributed by atoms with Crippen LogP contribution >= 0.6 is 31.9 Å². The Morgan fingerprint density at radius 3 is 2.76 bits per heavy atom. The van der Waals surface area contributed by atoms with Gasteiger partial charge in [0.1, 0.15) is 0 Å². The highest BCUT2D eigenvalue weighted by molar-refractivity contribution is 9.11. The van der Waals surface area contributed by atoms with Gasteiger partial charge in [0.15, 0.2) is 0 Å². The Morgan fingerprint density at radius 2 is 2.18 bits per heavy atom. The van der Waals surface area contributed by atoms with Gasteiger partial charge in [-0.2, -0.15) is 0 Å². The number of aromatic nitrogens is 1. The minimum atomic E-state index is -0.490. The zero-order valence-electron chi connectivity index (χ0n) is 9.20. The summed E-state index contributed by atoms with van der Waals surface area (Å²) in [7, 11) is 0. The second-order valence-corrected chi connectivity index (χ2v) is 5.03. The molecular formula is C11H11Br2NO3. The van der Waals surface area contributed by atoms with E-state index in [1.807, 2.05) is 0 Å². The number of halogens is 2. The molecule has 0 fully saturated rings. The number of carbonyl (C=O) groups is 1. The smallest absolute Gasteiger partial charge is 0.335 e. The van der Waals surface area contributed by atoms with Crippen LogP contribution in [0, 0.1) is 0 Å². The second kappa shape index (κ2) is 6.16. The van der Waals surface area contributed by atoms with E-state index >= 15 is 0 Å². The normalized spacial score (nSPS) is 10.1. The lowest BCUT2D eigenvalue weighted by atomic mass is 10.3. The third-order valence-corrected chi connectivity index (χ3v) is 2.94. The molecule has 4 nitrogen and oxygen atoms in total. The van der Waals surface area contributed by atoms with Crippen molar-refractivity contribution in [3.8, 4) is 0 Å². The van der Waals surface area contributed by atoms with Crippen LogP contribution in [-0.4, -0.2) is 17.1 Å². The molecule has 0 atom stereocenters. The Balaban J connectivity index is 2.93. The molecule has 0 aliphatic heterocycles. The number of pyridine rings is 1. The Labute approximate surface area is 116 Å². The predicted octanol–water partition coefficient (Wildman–Crippen LogP) is 2.49. The number of carbonyl (C=O) groups excluding carboxylic acids is 1. The highest BCUT2D eigenvalue weighted by atomic mass is 79.9. The molecule has 0 amide bonds. The van der Waals surface area contributed by atoms with Crippen molar-refractivity contribution in [2.24, 2.45) is 0 Å². The van der Waals surface area contributed by atoms with Gasteiger partial charge in [-0.1, -0.05) is 6.58 Å². The Kier molecular flexibility index (Phi) is 5.14. The summed E-state index contributed by atoms with van der Waals surface area (Å²) >= 11 is 6.41. The minimum Gasteiger partial charge on any atom is -0.463 e. The second-order valence-electron chi connectivity index (χ2n) is 3.26. The lowest BCUT2D eigenvalue weighted by Crippen LogP contribution is -2.23. The molecular weight excluding hydrogens is 354 g/mol. The number of esters is 1. The molecule has 0 aliphatic carbocycles. The van der Waals surface area contributed by atoms with Crippen molar-refractivity contribution in [3.63, 3.8) is 0 Å². The van der Waals surface area contributed by atoms with Crippen LogP contribution in [0.2, 0.25) is 0 Å². The van der Waals surface area contributed by atoms with Crippen molar-refractivity contribution in [2.45, 2.75) is 13.5 Å². The summed E-state index contributed by atoms with van der Waals surface area (Å²) in [5.41, 5.74) is 0.0117. The van der Waals surface area contributed by atoms with Gasteiger partial charge in [-0.3, -0.25) is 4.79 Å². The van der Waals surface area contributed by atoms with Crippen molar-refractivity contribution in [1.29, 1.82) is 0 Å². The van der Waals surface area contributed by atoms with E-state index < -0.39 is 5.97 Å². The monoisotopic (exact) mass is 363 g/mol. The van der Waals surface area contributed by atoms with E-state index in [1.165, 1.54) is 4.57 Å². The van der Waals surface area contributed by atoms with E-state index in [1.54, 1.807) is 19.2 Å². The van der Waals surface area contributed by atoms with Crippen LogP contribution in [0.25, 0.3) is 0 Å². The van der Waals surface area contributed by atoms with Crippen molar-refractivity contribution >= 4 is 37.8 Å². The molecule has 0 unspecified atom stereocenters. The van der Waals surface area contributed by atoms with Gasteiger partial charge in [0.2, 0.25) is 0 Å². The molecule has 92 valence electrons. The zero-order valence-corrected chi connectivity index (χ0v) is 12.4. The SMILES string of the molecule is C=C(Cn1cc(Br)cc(Br)c1=O)C(=O)OCC. The number of hydrogen-bond acceptors (Lipinski definition) is 3. The minimum absolute atomic E-state index is 0.107. The maximum absolute atomic E-state index is 11.7. The van der Waals surface area contributed by atoms with Gasteiger partial charge >= 0.3 is 5.97 Å². The molecule has 0 aromatic carbocycles. The highest BCUT2D eigenvalue weighted by Gasteiger charge is 2.10. The van der Waals surface area contributed by atoms with Gasteiger partial charge in [0.05, 0.1) is 17.6 Å². The average molecular weight is 365 g/mol. The molecule has 17 heavy (non-hydrogen) atoms. The fraction of sp³-hybridized carbons (Fsp3) is 0.273. The summed E-state index contributed by atoms with van der Waals surface area (Å²) in [6, 6.07) is 1.64. The van der Waals surface area contributed by atoms with E-state index in [0.717, 1.165) is 4.47 Å². The van der Waals surface area contributed by atoms with Gasteiger partial charge in [0, 0.05) is 16.2 Å². The molecule has 0 N–H and O–H groups in total. The quantitative estimate of drug-likeness (QED) is 0.609. The van der Waals surface area contributed by atoms with Crippen LogP contribution in [0.4, 0.5) is 0 Å². The van der Waals surface area contributed by atoms with Crippen LogP contribution in [-0.2, 0) is 16.1 Å². The molecule has 0 radical (unpaired) electrons. The zero-order chi connectivity index (χ0) is 13.0. The van der Waals surface area contributed by atoms with Crippen LogP contribution in [0.15, 0.2) is 38.2 Å². The maximum Gasteiger partial charge on any atom is 0.335 e. The fourth-order valence-electron chi connectivity index (χ4n) is 1.19. The topological polar surface area (TPSA) is 48.3 Å². The first-order valence-electron chi connectivity index (χ1n) is 4.86. The van der Waals surface area contributed by atoms with Crippen molar-refractivity contribution < 1.29 is 9.53 Å². The predicted molar refractivity (Wildman–Crippen MR) is 71.9 cm³/mol. The molecule has 1 rings (SSSR count). The van der Waals surface area contributed by atoms with Gasteiger partial charge < -0.3 is 9.30 Å². The number of nitrogens with zero attached hydrogens (tertiary/aromatic N) is 1. The third-order valence-electron chi connectivity index (χ3n) is 1.93. The summed E-state index contributed by atoms with van der Waals surface area (Å²) in [5, 5.41) is 0. The van der Waals surface area contributed by atoms with Crippen molar-refractivity contribution in [2.75, 3.05) is 6.61 Å². The molecule has 0 spiro atoms. The molecule has 6 heteroatoms. The number of ether oxygens (including phenoxy) is 1. The molecule has 1 heterocycles. The molecule has 0 saturated carbocycles. The summed E-state index contributed by atoms with van der Waals surface area (Å²) in [6.07, 6.45) is 1.59. The first-order chi connectivity index (χ1) is 7.95. The van der Waals surface area contributed by atoms with Crippen LogP contribution in [0.5, 0.6) is 0 Å². The Hall–Kier alpha value is -0.880. The first kappa shape index (κ1) is 14.2. The average Bonchev–Trinajstić information content (AvgIpc) is 2.25. The molecule has 1 aromatic heterocycles. The van der Waals surface area contributed by atoms with Gasteiger partial charge in [-0.25, -0.2) is 4.79 Å². The van der Waals surface area contributed by atoms with Crippen LogP contribution in [0.3, 0.4) is 0 Å². The summed E-state index contributed by atoms with van der Waals surface area (Å²) in [6.45, 7) is 5.71. The fourth-order valence-corrected chi connectivity index (χ4v) is 2.44. The highest BCUT2D eigenvalue weighted by Crippen LogP contribution is 2.13. The Morgan fingerprint density at radius 1 is 1.53 bits per heavy atom. The van der Waals surface area contributed by atoms with E-state index in [4.69, 9.17) is 4.74 Å². The van der Waals surface area contributed by atoms with Gasteiger partial charge in [-0.15, -0.1) is 0 Å². The largest absolute Gasteiger partial charge is 0.463 e. The van der Waals surface area contributed by atoms with Crippen molar-refractivity contribution in [1.82, 2.24) is 4.57 Å². The third kappa shape index (κ3) is 3.81. The molecule has 0 aliphatic rings. The van der Waals surface area contributed by atoms with Crippen LogP contribution < -0.4 is 5.56 Å². The first-order valence-corrected chi connectivity index (χ1v) is 6.44. The molecule has 0 bridgehead atoms. The number of hydrogen-bond donors (Lipinski definition) is 0. The molecule has 0 saturated heterocycles. The van der Waals surface area contributed by atoms with Crippen LogP contribution in [0.1, 0.15) is 6.92 Å². The van der Waals surface area contributed by atoms with Gasteiger partial charge in [-0.05, 0) is 44.8 Å². The summed E-state index contributed by atoms with van der Waals surface area (Å²) < 4.78 is 7.34. The maximum atomic E-state index is 11.7. The standard InChI is InChI=1S/C11H11Br2NO3/c1-3-17-11(16)7(2)5-14-6-8(12)4-9(13)10(14)15/h4,6H,2-3,5H2,1H3. The van der Waals surface area contributed by atoms with E-state index in [0.29, 0.717) is 4.47 Å².